The minimum absolute atomic E-state index is 0.0355. The summed E-state index contributed by atoms with van der Waals surface area (Å²) in [6, 6.07) is 20.2. The lowest BCUT2D eigenvalue weighted by atomic mass is 10.2. The van der Waals surface area contributed by atoms with Gasteiger partial charge in [0.15, 0.2) is 0 Å². The standard InChI is InChI=1S/C20H17ClN2O4S/c1-22-28(25,26)19-13-14(7-12-18(19)21)20(24)23-15-8-10-17(11-9-15)27-16-5-3-2-4-6-16/h2-13,22H,1H3,(H,23,24). The SMILES string of the molecule is CNS(=O)(=O)c1cc(C(=O)Nc2ccc(Oc3ccccc3)cc2)ccc1Cl. The number of halogens is 1. The molecule has 0 aliphatic carbocycles. The molecule has 0 saturated heterocycles. The third-order valence-electron chi connectivity index (χ3n) is 3.84. The molecule has 2 N–H and O–H groups in total. The summed E-state index contributed by atoms with van der Waals surface area (Å²) in [6.07, 6.45) is 0. The van der Waals surface area contributed by atoms with Gasteiger partial charge in [-0.05, 0) is 61.6 Å². The summed E-state index contributed by atoms with van der Waals surface area (Å²) in [5, 5.41) is 2.75. The summed E-state index contributed by atoms with van der Waals surface area (Å²) in [4.78, 5) is 12.3. The molecule has 3 aromatic rings. The second-order valence-electron chi connectivity index (χ2n) is 5.75. The summed E-state index contributed by atoms with van der Waals surface area (Å²) in [5.74, 6) is 0.873. The van der Waals surface area contributed by atoms with Crippen LogP contribution in [-0.2, 0) is 10.0 Å². The van der Waals surface area contributed by atoms with E-state index in [9.17, 15) is 13.2 Å². The van der Waals surface area contributed by atoms with Crippen molar-refractivity contribution in [1.29, 1.82) is 0 Å². The quantitative estimate of drug-likeness (QED) is 0.627. The van der Waals surface area contributed by atoms with Crippen LogP contribution in [0.4, 0.5) is 5.69 Å². The van der Waals surface area contributed by atoms with E-state index >= 15 is 0 Å². The molecule has 8 heteroatoms. The van der Waals surface area contributed by atoms with Crippen LogP contribution in [0, 0.1) is 0 Å². The summed E-state index contributed by atoms with van der Waals surface area (Å²) in [6.45, 7) is 0. The van der Waals surface area contributed by atoms with Gasteiger partial charge in [0.05, 0.1) is 5.02 Å². The molecule has 144 valence electrons. The molecule has 0 fully saturated rings. The van der Waals surface area contributed by atoms with Crippen LogP contribution < -0.4 is 14.8 Å². The largest absolute Gasteiger partial charge is 0.457 e. The van der Waals surface area contributed by atoms with Crippen molar-refractivity contribution in [2.75, 3.05) is 12.4 Å². The molecule has 0 heterocycles. The average molecular weight is 417 g/mol. The van der Waals surface area contributed by atoms with E-state index in [4.69, 9.17) is 16.3 Å². The summed E-state index contributed by atoms with van der Waals surface area (Å²) in [7, 11) is -2.50. The first-order chi connectivity index (χ1) is 13.4. The molecule has 0 aliphatic rings. The molecule has 0 bridgehead atoms. The zero-order valence-corrected chi connectivity index (χ0v) is 16.4. The van der Waals surface area contributed by atoms with E-state index < -0.39 is 15.9 Å². The molecule has 3 aromatic carbocycles. The van der Waals surface area contributed by atoms with Crippen LogP contribution in [0.3, 0.4) is 0 Å². The Morgan fingerprint density at radius 2 is 1.57 bits per heavy atom. The lowest BCUT2D eigenvalue weighted by molar-refractivity contribution is 0.102. The molecule has 1 amide bonds. The van der Waals surface area contributed by atoms with Crippen molar-refractivity contribution in [3.63, 3.8) is 0 Å². The molecule has 0 saturated carbocycles. The van der Waals surface area contributed by atoms with Crippen molar-refractivity contribution in [3.8, 4) is 11.5 Å². The number of carbonyl (C=O) groups is 1. The summed E-state index contributed by atoms with van der Waals surface area (Å²) in [5.41, 5.74) is 0.709. The Morgan fingerprint density at radius 3 is 2.21 bits per heavy atom. The van der Waals surface area contributed by atoms with Gasteiger partial charge in [-0.1, -0.05) is 29.8 Å². The minimum Gasteiger partial charge on any atom is -0.457 e. The molecule has 0 radical (unpaired) electrons. The third-order valence-corrected chi connectivity index (χ3v) is 5.74. The van der Waals surface area contributed by atoms with Gasteiger partial charge in [0.25, 0.3) is 5.91 Å². The Bertz CT molecular complexity index is 1080. The highest BCUT2D eigenvalue weighted by Crippen LogP contribution is 2.25. The first-order valence-corrected chi connectivity index (χ1v) is 10.1. The van der Waals surface area contributed by atoms with Gasteiger partial charge in [-0.25, -0.2) is 13.1 Å². The average Bonchev–Trinajstić information content (AvgIpc) is 2.70. The van der Waals surface area contributed by atoms with E-state index in [1.54, 1.807) is 24.3 Å². The molecule has 0 aliphatic heterocycles. The number of anilines is 1. The zero-order valence-electron chi connectivity index (χ0n) is 14.8. The fourth-order valence-corrected chi connectivity index (χ4v) is 3.64. The minimum atomic E-state index is -3.77. The van der Waals surface area contributed by atoms with E-state index in [2.05, 4.69) is 10.0 Å². The van der Waals surface area contributed by atoms with Gasteiger partial charge < -0.3 is 10.1 Å². The van der Waals surface area contributed by atoms with Crippen molar-refractivity contribution < 1.29 is 17.9 Å². The van der Waals surface area contributed by atoms with Crippen LogP contribution in [0.2, 0.25) is 5.02 Å². The Morgan fingerprint density at radius 1 is 0.929 bits per heavy atom. The van der Waals surface area contributed by atoms with Gasteiger partial charge in [0, 0.05) is 11.3 Å². The van der Waals surface area contributed by atoms with Gasteiger partial charge in [0.1, 0.15) is 16.4 Å². The van der Waals surface area contributed by atoms with Crippen molar-refractivity contribution in [3.05, 3.63) is 83.4 Å². The highest BCUT2D eigenvalue weighted by Gasteiger charge is 2.18. The van der Waals surface area contributed by atoms with Crippen LogP contribution in [-0.4, -0.2) is 21.4 Å². The maximum atomic E-state index is 12.5. The van der Waals surface area contributed by atoms with Gasteiger partial charge in [0.2, 0.25) is 10.0 Å². The number of para-hydroxylation sites is 1. The first-order valence-electron chi connectivity index (χ1n) is 8.26. The Balaban J connectivity index is 1.74. The number of carbonyl (C=O) groups excluding carboxylic acids is 1. The number of amides is 1. The van der Waals surface area contributed by atoms with E-state index in [0.29, 0.717) is 17.2 Å². The second-order valence-corrected chi connectivity index (χ2v) is 8.01. The van der Waals surface area contributed by atoms with Gasteiger partial charge in [-0.2, -0.15) is 0 Å². The number of sulfonamides is 1. The Hall–Kier alpha value is -2.87. The Kier molecular flexibility index (Phi) is 5.99. The fourth-order valence-electron chi connectivity index (χ4n) is 2.39. The van der Waals surface area contributed by atoms with Gasteiger partial charge in [-0.15, -0.1) is 0 Å². The number of benzene rings is 3. The van der Waals surface area contributed by atoms with Gasteiger partial charge >= 0.3 is 0 Å². The van der Waals surface area contributed by atoms with Crippen LogP contribution in [0.15, 0.2) is 77.7 Å². The van der Waals surface area contributed by atoms with Crippen LogP contribution in [0.5, 0.6) is 11.5 Å². The maximum Gasteiger partial charge on any atom is 0.255 e. The number of hydrogen-bond acceptors (Lipinski definition) is 4. The predicted octanol–water partition coefficient (Wildman–Crippen LogP) is 4.29. The van der Waals surface area contributed by atoms with Crippen molar-refractivity contribution in [2.24, 2.45) is 0 Å². The Labute approximate surface area is 168 Å². The monoisotopic (exact) mass is 416 g/mol. The van der Waals surface area contributed by atoms with Crippen molar-refractivity contribution in [1.82, 2.24) is 4.72 Å². The molecule has 3 rings (SSSR count). The molecule has 0 atom stereocenters. The third kappa shape index (κ3) is 4.69. The summed E-state index contributed by atoms with van der Waals surface area (Å²) < 4.78 is 31.9. The molecular weight excluding hydrogens is 400 g/mol. The topological polar surface area (TPSA) is 84.5 Å². The second kappa shape index (κ2) is 8.43. The highest BCUT2D eigenvalue weighted by molar-refractivity contribution is 7.89. The van der Waals surface area contributed by atoms with Crippen LogP contribution >= 0.6 is 11.6 Å². The lowest BCUT2D eigenvalue weighted by Crippen LogP contribution is -2.20. The number of nitrogens with one attached hydrogen (secondary N) is 2. The predicted molar refractivity (Wildman–Crippen MR) is 109 cm³/mol. The molecule has 0 aromatic heterocycles. The molecular formula is C20H17ClN2O4S. The number of rotatable bonds is 6. The molecule has 0 spiro atoms. The molecule has 28 heavy (non-hydrogen) atoms. The molecule has 6 nitrogen and oxygen atoms in total. The van der Waals surface area contributed by atoms with Crippen molar-refractivity contribution in [2.45, 2.75) is 4.90 Å². The molecule has 0 unspecified atom stereocenters. The van der Waals surface area contributed by atoms with Crippen LogP contribution in [0.1, 0.15) is 10.4 Å². The first kappa shape index (κ1) is 19.9. The van der Waals surface area contributed by atoms with E-state index in [1.807, 2.05) is 30.3 Å². The highest BCUT2D eigenvalue weighted by atomic mass is 35.5. The zero-order chi connectivity index (χ0) is 20.1. The number of hydrogen-bond donors (Lipinski definition) is 2. The fraction of sp³-hybridized carbons (Fsp3) is 0.0500. The van der Waals surface area contributed by atoms with E-state index in [-0.39, 0.29) is 15.5 Å². The normalized spacial score (nSPS) is 11.1. The van der Waals surface area contributed by atoms with Crippen molar-refractivity contribution >= 4 is 33.2 Å². The smallest absolute Gasteiger partial charge is 0.255 e. The van der Waals surface area contributed by atoms with Crippen LogP contribution in [0.25, 0.3) is 0 Å². The lowest BCUT2D eigenvalue weighted by Gasteiger charge is -2.10. The number of ether oxygens (including phenoxy) is 1. The van der Waals surface area contributed by atoms with Gasteiger partial charge in [-0.3, -0.25) is 4.79 Å². The van der Waals surface area contributed by atoms with E-state index in [0.717, 1.165) is 0 Å². The van der Waals surface area contributed by atoms with E-state index in [1.165, 1.54) is 25.2 Å². The summed E-state index contributed by atoms with van der Waals surface area (Å²) >= 11 is 5.94. The maximum absolute atomic E-state index is 12.5.